The van der Waals surface area contributed by atoms with E-state index >= 15 is 0 Å². The van der Waals surface area contributed by atoms with E-state index in [1.54, 1.807) is 41.4 Å². The molecule has 6 aromatic rings. The zero-order valence-corrected chi connectivity index (χ0v) is 56.0. The average Bonchev–Trinajstić information content (AvgIpc) is 1.64. The first-order valence-electron chi connectivity index (χ1n) is 29.3. The number of anilines is 3. The van der Waals surface area contributed by atoms with Crippen LogP contribution in [0.1, 0.15) is 78.9 Å². The maximum atomic E-state index is 12.7. The van der Waals surface area contributed by atoms with Crippen molar-refractivity contribution in [3.63, 3.8) is 0 Å². The molecule has 0 amide bonds. The monoisotopic (exact) mass is 1430 g/mol. The lowest BCUT2D eigenvalue weighted by molar-refractivity contribution is -0.0534. The molecule has 0 aromatic carbocycles. The number of nitrogens with two attached hydrogens (primary N) is 3. The van der Waals surface area contributed by atoms with Gasteiger partial charge in [0.2, 0.25) is 17.8 Å². The normalized spacial score (nSPS) is 21.9. The average molecular weight is 1430 g/mol. The van der Waals surface area contributed by atoms with Gasteiger partial charge in [0.05, 0.1) is 115 Å². The van der Waals surface area contributed by atoms with Crippen LogP contribution in [0, 0.1) is 17.8 Å². The Kier molecular flexibility index (Phi) is 27.1. The Morgan fingerprint density at radius 2 is 0.884 bits per heavy atom. The third-order valence-corrected chi connectivity index (χ3v) is 21.3. The Bertz CT molecular complexity index is 4070. The molecule has 9 atom stereocenters. The lowest BCUT2D eigenvalue weighted by atomic mass is 10.0. The number of H-pyrrole nitrogens is 3. The maximum Gasteiger partial charge on any atom is 0.523 e. The van der Waals surface area contributed by atoms with Crippen molar-refractivity contribution in [3.8, 4) is 0 Å². The van der Waals surface area contributed by atoms with Gasteiger partial charge in [-0.3, -0.25) is 47.2 Å². The second-order valence-corrected chi connectivity index (χ2v) is 28.5. The van der Waals surface area contributed by atoms with Crippen molar-refractivity contribution in [1.29, 1.82) is 0 Å². The van der Waals surface area contributed by atoms with Crippen molar-refractivity contribution in [2.75, 3.05) is 95.7 Å². The van der Waals surface area contributed by atoms with Gasteiger partial charge in [0.15, 0.2) is 39.8 Å². The fourth-order valence-corrected chi connectivity index (χ4v) is 15.5. The Morgan fingerprint density at radius 3 is 1.23 bits per heavy atom. The van der Waals surface area contributed by atoms with Crippen molar-refractivity contribution in [3.05, 3.63) is 86.5 Å². The SMILES string of the molecule is C=C1[C@H](CO)[C@@H](O)C[C@@H]1n1cnc2c(=O)[nH]c(N)nc21.C=C1[C@H](CO)[C@@H](OCP(=O)(OCC)OCC)C[C@@H]1n1cnc2c(=O)[nH]c(N)nc21.C=C1[C@H](COCP(=O)(OCC)OCC)[C@@H](O)C[C@@H]1n1cnc2c(=O)[nH]c(N)nc21.CCOP(=O)(COS(=O)(=O)C(F)(F)F)OCC. The lowest BCUT2D eigenvalue weighted by Crippen LogP contribution is -2.26. The van der Waals surface area contributed by atoms with Gasteiger partial charge in [-0.05, 0) is 77.5 Å². The number of halogens is 3. The second-order valence-electron chi connectivity index (χ2n) is 20.9. The highest BCUT2D eigenvalue weighted by molar-refractivity contribution is 7.87. The molecule has 3 aliphatic carbocycles. The van der Waals surface area contributed by atoms with Gasteiger partial charge >= 0.3 is 38.4 Å². The van der Waals surface area contributed by atoms with Gasteiger partial charge in [-0.1, -0.05) is 19.7 Å². The van der Waals surface area contributed by atoms with E-state index in [0.717, 1.165) is 0 Å². The minimum absolute atomic E-state index is 0.00659. The molecular formula is C52H79F3N15O21P3S. The third-order valence-electron chi connectivity index (χ3n) is 14.8. The number of nitrogens with one attached hydrogen (secondary N) is 3. The summed E-state index contributed by atoms with van der Waals surface area (Å²) in [5, 5.41) is 39.6. The molecule has 3 saturated carbocycles. The topological polar surface area (TPSA) is 518 Å². The number of imidazole rings is 3. The predicted octanol–water partition coefficient (Wildman–Crippen LogP) is 4.09. The van der Waals surface area contributed by atoms with Crippen molar-refractivity contribution >= 4 is 84.2 Å². The number of nitrogen functional groups attached to an aromatic ring is 3. The van der Waals surface area contributed by atoms with Crippen molar-refractivity contribution in [2.45, 2.75) is 103 Å². The van der Waals surface area contributed by atoms with Crippen molar-refractivity contribution < 1.29 is 96.5 Å². The van der Waals surface area contributed by atoms with Gasteiger partial charge in [-0.15, -0.1) is 0 Å². The van der Waals surface area contributed by atoms with Crippen molar-refractivity contribution in [2.24, 2.45) is 17.8 Å². The summed E-state index contributed by atoms with van der Waals surface area (Å²) < 4.78 is 144. The molecule has 0 saturated heterocycles. The zero-order valence-electron chi connectivity index (χ0n) is 52.5. The van der Waals surface area contributed by atoms with Gasteiger partial charge in [-0.2, -0.15) is 36.5 Å². The molecule has 6 aromatic heterocycles. The molecule has 530 valence electrons. The summed E-state index contributed by atoms with van der Waals surface area (Å²) in [5.74, 6) is -1.20. The predicted molar refractivity (Wildman–Crippen MR) is 337 cm³/mol. The fraction of sp³-hybridized carbons (Fsp3) is 0.596. The first kappa shape index (κ1) is 77.6. The van der Waals surface area contributed by atoms with E-state index in [1.165, 1.54) is 32.8 Å². The highest BCUT2D eigenvalue weighted by Crippen LogP contribution is 2.52. The first-order valence-corrected chi connectivity index (χ1v) is 35.9. The minimum atomic E-state index is -5.80. The summed E-state index contributed by atoms with van der Waals surface area (Å²) >= 11 is 0. The van der Waals surface area contributed by atoms with Crippen LogP contribution in [0.4, 0.5) is 31.0 Å². The number of aromatic nitrogens is 12. The van der Waals surface area contributed by atoms with Crippen LogP contribution in [0.3, 0.4) is 0 Å². The van der Waals surface area contributed by atoms with Gasteiger partial charge in [0, 0.05) is 17.8 Å². The number of aromatic amines is 3. The molecular weight excluding hydrogens is 1350 g/mol. The minimum Gasteiger partial charge on any atom is -0.396 e. The molecule has 9 rings (SSSR count). The van der Waals surface area contributed by atoms with Crippen LogP contribution < -0.4 is 33.9 Å². The van der Waals surface area contributed by atoms with Gasteiger partial charge in [0.25, 0.3) is 16.7 Å². The summed E-state index contributed by atoms with van der Waals surface area (Å²) in [4.78, 5) is 67.6. The summed E-state index contributed by atoms with van der Waals surface area (Å²) in [7, 11) is -16.5. The van der Waals surface area contributed by atoms with E-state index in [1.807, 2.05) is 0 Å². The molecule has 0 aliphatic heterocycles. The summed E-state index contributed by atoms with van der Waals surface area (Å²) in [5.41, 5.74) is 13.6. The number of ether oxygens (including phenoxy) is 2. The largest absolute Gasteiger partial charge is 0.523 e. The van der Waals surface area contributed by atoms with Crippen molar-refractivity contribution in [1.82, 2.24) is 58.6 Å². The van der Waals surface area contributed by atoms with E-state index in [2.05, 4.69) is 77.8 Å². The molecule has 13 N–H and O–H groups in total. The highest BCUT2D eigenvalue weighted by atomic mass is 32.2. The van der Waals surface area contributed by atoms with Crippen LogP contribution >= 0.6 is 22.8 Å². The summed E-state index contributed by atoms with van der Waals surface area (Å²) in [6.45, 7) is 22.3. The number of alkyl halides is 3. The van der Waals surface area contributed by atoms with E-state index in [0.29, 0.717) is 52.9 Å². The number of rotatable bonds is 27. The van der Waals surface area contributed by atoms with Crippen LogP contribution in [-0.4, -0.2) is 190 Å². The summed E-state index contributed by atoms with van der Waals surface area (Å²) in [6.07, 6.45) is 1.99. The highest BCUT2D eigenvalue weighted by Gasteiger charge is 2.49. The Labute approximate surface area is 540 Å². The fourth-order valence-electron chi connectivity index (χ4n) is 10.6. The molecule has 0 unspecified atom stereocenters. The lowest BCUT2D eigenvalue weighted by Gasteiger charge is -2.22. The third kappa shape index (κ3) is 18.6. The molecule has 3 fully saturated rings. The molecule has 0 bridgehead atoms. The molecule has 6 heterocycles. The first-order chi connectivity index (χ1) is 44.7. The number of hydrogen-bond acceptors (Lipinski definition) is 30. The molecule has 0 radical (unpaired) electrons. The zero-order chi connectivity index (χ0) is 70.5. The molecule has 43 heteroatoms. The number of nitrogens with zero attached hydrogens (tertiary/aromatic N) is 9. The van der Waals surface area contributed by atoms with Crippen LogP contribution in [0.5, 0.6) is 0 Å². The van der Waals surface area contributed by atoms with Gasteiger partial charge < -0.3 is 87.9 Å². The van der Waals surface area contributed by atoms with Crippen LogP contribution in [0.25, 0.3) is 33.5 Å². The van der Waals surface area contributed by atoms with Crippen LogP contribution in [0.15, 0.2) is 69.8 Å². The van der Waals surface area contributed by atoms with Gasteiger partial charge in [-0.25, -0.2) is 15.0 Å². The smallest absolute Gasteiger partial charge is 0.396 e. The Morgan fingerprint density at radius 1 is 0.558 bits per heavy atom. The van der Waals surface area contributed by atoms with E-state index in [-0.39, 0.29) is 131 Å². The summed E-state index contributed by atoms with van der Waals surface area (Å²) in [6, 6.07) is -0.918. The van der Waals surface area contributed by atoms with Gasteiger partial charge in [0.1, 0.15) is 12.7 Å². The quantitative estimate of drug-likeness (QED) is 0.0150. The number of hydrogen-bond donors (Lipinski definition) is 10. The Balaban J connectivity index is 0.000000205. The Hall–Kier alpha value is -6.42. The van der Waals surface area contributed by atoms with E-state index in [4.69, 9.17) is 44.8 Å². The molecule has 0 spiro atoms. The number of fused-ring (bicyclic) bond motifs is 3. The number of aliphatic hydroxyl groups is 4. The maximum absolute atomic E-state index is 12.7. The van der Waals surface area contributed by atoms with Crippen LogP contribution in [-0.2, 0) is 64.6 Å². The molecule has 95 heavy (non-hydrogen) atoms. The van der Waals surface area contributed by atoms with Crippen LogP contribution in [0.2, 0.25) is 0 Å². The molecule has 3 aliphatic rings. The number of aliphatic hydroxyl groups excluding tert-OH is 4. The van der Waals surface area contributed by atoms with E-state index < -0.39 is 91.6 Å². The molecule has 36 nitrogen and oxygen atoms in total. The standard InChI is InChI=1S/2C17H26N5O6P.C12H15N5O3.C6H12F3O6PS/c1-4-27-29(25,28-5-2)9-26-7-11-10(3)12(6-13(11)23)22-8-19-14-15(22)20-17(18)21-16(14)24;1-4-27-29(25,28-5-2)9-26-13-6-12(10(3)11(13)7-23)22-8-19-14-15(22)20-17(18)21-16(14)24;1-5-6(3-18)8(19)2-7(5)17-4-14-9-10(17)15-12(13)16-11(9)20;1-3-13-16(10,14-4-2)5-15-17(11,12)6(7,8)9/h2*8,11-13,23H,3-7,9H2,1-2H3,(H3,18,20,21,24);4,6-8,18-19H,1-3H2,(H3,13,15,16,20);3-5H2,1-2H3/t2*11-,12-,13-;6-,7-,8-;/m000./s1. The second kappa shape index (κ2) is 33.2. The van der Waals surface area contributed by atoms with E-state index in [9.17, 15) is 70.1 Å².